The molecule has 7 heteroatoms. The van der Waals surface area contributed by atoms with Crippen LogP contribution in [0.2, 0.25) is 0 Å². The summed E-state index contributed by atoms with van der Waals surface area (Å²) in [7, 11) is 6.02. The smallest absolute Gasteiger partial charge is 0.250 e. The molecule has 3 heterocycles. The van der Waals surface area contributed by atoms with Gasteiger partial charge in [-0.15, -0.1) is 0 Å². The number of likely N-dealkylation sites (tertiary alicyclic amines) is 2. The van der Waals surface area contributed by atoms with Crippen LogP contribution in [0.3, 0.4) is 0 Å². The summed E-state index contributed by atoms with van der Waals surface area (Å²) in [5, 5.41) is 0. The fourth-order valence-electron chi connectivity index (χ4n) is 2.58. The Bertz CT molecular complexity index is 300. The molecule has 0 bridgehead atoms. The van der Waals surface area contributed by atoms with Crippen molar-refractivity contribution in [2.45, 2.75) is 37.8 Å². The lowest BCUT2D eigenvalue weighted by Gasteiger charge is -2.28. The number of rotatable bonds is 0. The highest BCUT2D eigenvalue weighted by Crippen LogP contribution is 2.26. The van der Waals surface area contributed by atoms with Crippen LogP contribution in [0.15, 0.2) is 0 Å². The highest BCUT2D eigenvalue weighted by molar-refractivity contribution is 4.75. The average molecular weight is 353 g/mol. The van der Waals surface area contributed by atoms with E-state index in [1.807, 2.05) is 19.0 Å². The zero-order valence-corrected chi connectivity index (χ0v) is 15.4. The Kier molecular flexibility index (Phi) is 10.2. The molecule has 3 aliphatic heterocycles. The summed E-state index contributed by atoms with van der Waals surface area (Å²) in [4.78, 5) is 6.36. The molecule has 3 saturated heterocycles. The van der Waals surface area contributed by atoms with E-state index in [-0.39, 0.29) is 12.8 Å². The van der Waals surface area contributed by atoms with Crippen LogP contribution in [-0.2, 0) is 4.74 Å². The highest BCUT2D eigenvalue weighted by atomic mass is 19.3. The van der Waals surface area contributed by atoms with E-state index in [2.05, 4.69) is 16.8 Å². The van der Waals surface area contributed by atoms with Crippen LogP contribution in [0.4, 0.5) is 13.2 Å². The molecule has 4 nitrogen and oxygen atoms in total. The van der Waals surface area contributed by atoms with E-state index in [4.69, 9.17) is 4.74 Å². The molecule has 0 aromatic rings. The van der Waals surface area contributed by atoms with Crippen LogP contribution in [0.25, 0.3) is 0 Å². The summed E-state index contributed by atoms with van der Waals surface area (Å²) < 4.78 is 42.1. The van der Waals surface area contributed by atoms with E-state index in [0.717, 1.165) is 52.2 Å². The second-order valence-electron chi connectivity index (χ2n) is 7.05. The van der Waals surface area contributed by atoms with Gasteiger partial charge in [0.1, 0.15) is 6.17 Å². The van der Waals surface area contributed by atoms with Gasteiger partial charge < -0.3 is 19.4 Å². The van der Waals surface area contributed by atoms with E-state index < -0.39 is 12.1 Å². The zero-order valence-electron chi connectivity index (χ0n) is 15.4. The Hall–Kier alpha value is -0.370. The van der Waals surface area contributed by atoms with Gasteiger partial charge in [0.15, 0.2) is 0 Å². The maximum absolute atomic E-state index is 12.4. The molecule has 3 fully saturated rings. The van der Waals surface area contributed by atoms with Crippen LogP contribution in [0, 0.1) is 0 Å². The lowest BCUT2D eigenvalue weighted by molar-refractivity contribution is -0.0504. The zero-order chi connectivity index (χ0) is 18.0. The molecule has 0 unspecified atom stereocenters. The Balaban J connectivity index is 0.000000181. The minimum Gasteiger partial charge on any atom is -0.379 e. The second kappa shape index (κ2) is 11.3. The molecule has 0 aromatic carbocycles. The normalized spacial score (nSPS) is 26.8. The molecule has 0 saturated carbocycles. The molecule has 0 radical (unpaired) electrons. The lowest BCUT2D eigenvalue weighted by Crippen LogP contribution is -2.36. The molecule has 0 N–H and O–H groups in total. The maximum Gasteiger partial charge on any atom is 0.250 e. The van der Waals surface area contributed by atoms with Crippen LogP contribution in [0.1, 0.15) is 25.7 Å². The highest BCUT2D eigenvalue weighted by Gasteiger charge is 2.32. The van der Waals surface area contributed by atoms with Gasteiger partial charge in [-0.1, -0.05) is 0 Å². The Morgan fingerprint density at radius 2 is 1.17 bits per heavy atom. The van der Waals surface area contributed by atoms with Crippen molar-refractivity contribution in [1.29, 1.82) is 0 Å². The third-order valence-corrected chi connectivity index (χ3v) is 4.60. The summed E-state index contributed by atoms with van der Waals surface area (Å²) in [6.45, 7) is 6.95. The molecule has 0 aromatic heterocycles. The summed E-state index contributed by atoms with van der Waals surface area (Å²) in [5.74, 6) is -2.38. The van der Waals surface area contributed by atoms with Gasteiger partial charge in [-0.2, -0.15) is 0 Å². The van der Waals surface area contributed by atoms with Gasteiger partial charge in [-0.3, -0.25) is 0 Å². The molecule has 0 amide bonds. The van der Waals surface area contributed by atoms with Gasteiger partial charge in [0.25, 0.3) is 5.92 Å². The molecule has 144 valence electrons. The summed E-state index contributed by atoms with van der Waals surface area (Å²) in [6, 6.07) is 0. The second-order valence-corrected chi connectivity index (χ2v) is 7.05. The van der Waals surface area contributed by atoms with Crippen molar-refractivity contribution in [1.82, 2.24) is 14.7 Å². The van der Waals surface area contributed by atoms with Gasteiger partial charge in [0.05, 0.1) is 13.2 Å². The first-order valence-corrected chi connectivity index (χ1v) is 8.94. The van der Waals surface area contributed by atoms with E-state index in [1.165, 1.54) is 0 Å². The van der Waals surface area contributed by atoms with E-state index in [9.17, 15) is 13.2 Å². The standard InChI is InChI=1S/C6H11F2N.C6H12FN.C5H11NO/c1-9-4-2-6(7,8)3-5-9;1-8-4-2-6(7)3-5-8;1-6-2-4-7-5-3-6/h2-5H2,1H3;6H,2-5H2,1H3;2-5H2,1H3. The molecule has 0 aliphatic carbocycles. The molecule has 0 atom stereocenters. The third-order valence-electron chi connectivity index (χ3n) is 4.60. The summed E-state index contributed by atoms with van der Waals surface area (Å²) >= 11 is 0. The van der Waals surface area contributed by atoms with Crippen molar-refractivity contribution in [2.75, 3.05) is 73.6 Å². The van der Waals surface area contributed by atoms with Gasteiger partial charge >= 0.3 is 0 Å². The van der Waals surface area contributed by atoms with Gasteiger partial charge in [0, 0.05) is 52.1 Å². The Labute approximate surface area is 144 Å². The molecule has 0 spiro atoms. The van der Waals surface area contributed by atoms with Gasteiger partial charge in [-0.25, -0.2) is 13.2 Å². The van der Waals surface area contributed by atoms with Gasteiger partial charge in [-0.05, 0) is 34.0 Å². The summed E-state index contributed by atoms with van der Waals surface area (Å²) in [6.07, 6.45) is 1.01. The molecule has 24 heavy (non-hydrogen) atoms. The van der Waals surface area contributed by atoms with Crippen LogP contribution < -0.4 is 0 Å². The minimum atomic E-state index is -2.38. The largest absolute Gasteiger partial charge is 0.379 e. The summed E-state index contributed by atoms with van der Waals surface area (Å²) in [5.41, 5.74) is 0. The first-order chi connectivity index (χ1) is 11.3. The number of likely N-dealkylation sites (N-methyl/N-ethyl adjacent to an activating group) is 1. The van der Waals surface area contributed by atoms with Crippen molar-refractivity contribution in [3.63, 3.8) is 0 Å². The van der Waals surface area contributed by atoms with Gasteiger partial charge in [0.2, 0.25) is 0 Å². The number of halogens is 3. The van der Waals surface area contributed by atoms with Crippen molar-refractivity contribution in [3.8, 4) is 0 Å². The third kappa shape index (κ3) is 10.5. The van der Waals surface area contributed by atoms with E-state index in [0.29, 0.717) is 13.1 Å². The molecular weight excluding hydrogens is 319 g/mol. The monoisotopic (exact) mass is 353 g/mol. The van der Waals surface area contributed by atoms with Crippen LogP contribution in [0.5, 0.6) is 0 Å². The Morgan fingerprint density at radius 1 is 0.750 bits per heavy atom. The number of morpholine rings is 1. The number of nitrogens with zero attached hydrogens (tertiary/aromatic N) is 3. The van der Waals surface area contributed by atoms with Crippen molar-refractivity contribution < 1.29 is 17.9 Å². The Morgan fingerprint density at radius 3 is 1.50 bits per heavy atom. The number of hydrogen-bond acceptors (Lipinski definition) is 4. The molecule has 3 rings (SSSR count). The average Bonchev–Trinajstić information content (AvgIpc) is 2.55. The quantitative estimate of drug-likeness (QED) is 0.665. The van der Waals surface area contributed by atoms with E-state index in [1.54, 1.807) is 0 Å². The van der Waals surface area contributed by atoms with Crippen molar-refractivity contribution in [2.24, 2.45) is 0 Å². The van der Waals surface area contributed by atoms with Crippen LogP contribution in [-0.4, -0.2) is 100 Å². The number of piperidine rings is 2. The lowest BCUT2D eigenvalue weighted by atomic mass is 10.1. The molecule has 3 aliphatic rings. The SMILES string of the molecule is CN1CCC(F)(F)CC1.CN1CCC(F)CC1.CN1CCOCC1. The molecular formula is C17H34F3N3O. The fraction of sp³-hybridized carbons (Fsp3) is 1.00. The van der Waals surface area contributed by atoms with Crippen LogP contribution >= 0.6 is 0 Å². The predicted molar refractivity (Wildman–Crippen MR) is 91.6 cm³/mol. The van der Waals surface area contributed by atoms with E-state index >= 15 is 0 Å². The topological polar surface area (TPSA) is 19.0 Å². The maximum atomic E-state index is 12.4. The predicted octanol–water partition coefficient (Wildman–Crippen LogP) is 2.35. The number of hydrogen-bond donors (Lipinski definition) is 0. The number of ether oxygens (including phenoxy) is 1. The van der Waals surface area contributed by atoms with Crippen molar-refractivity contribution in [3.05, 3.63) is 0 Å². The van der Waals surface area contributed by atoms with Crippen molar-refractivity contribution >= 4 is 0 Å². The minimum absolute atomic E-state index is 0.0312. The number of alkyl halides is 3. The first kappa shape index (κ1) is 21.7. The first-order valence-electron chi connectivity index (χ1n) is 8.94. The fourth-order valence-corrected chi connectivity index (χ4v) is 2.58.